The van der Waals surface area contributed by atoms with Gasteiger partial charge in [0, 0.05) is 11.8 Å². The molecule has 2 aromatic heterocycles. The van der Waals surface area contributed by atoms with E-state index in [1.54, 1.807) is 11.1 Å². The molecule has 8 heteroatoms. The molecule has 2 N–H and O–H groups in total. The average Bonchev–Trinajstić information content (AvgIpc) is 3.09. The molecular weight excluding hydrogens is 332 g/mol. The zero-order valence-corrected chi connectivity index (χ0v) is 14.7. The van der Waals surface area contributed by atoms with Crippen molar-refractivity contribution in [3.63, 3.8) is 0 Å². The van der Waals surface area contributed by atoms with Crippen LogP contribution in [0.3, 0.4) is 0 Å². The smallest absolute Gasteiger partial charge is 0.411 e. The number of halogens is 1. The van der Waals surface area contributed by atoms with Crippen LogP contribution in [0.5, 0.6) is 0 Å². The van der Waals surface area contributed by atoms with E-state index in [1.165, 1.54) is 6.33 Å². The molecule has 1 saturated heterocycles. The van der Waals surface area contributed by atoms with Crippen molar-refractivity contribution in [2.45, 2.75) is 51.3 Å². The van der Waals surface area contributed by atoms with Crippen LogP contribution in [0, 0.1) is 0 Å². The third kappa shape index (κ3) is 3.06. The summed E-state index contributed by atoms with van der Waals surface area (Å²) in [5.41, 5.74) is 1.59. The van der Waals surface area contributed by atoms with E-state index in [0.29, 0.717) is 22.6 Å². The second kappa shape index (κ2) is 6.22. The van der Waals surface area contributed by atoms with Gasteiger partial charge in [0.2, 0.25) is 0 Å². The van der Waals surface area contributed by atoms with Crippen molar-refractivity contribution in [2.75, 3.05) is 6.61 Å². The molecule has 3 heterocycles. The molecule has 0 aliphatic carbocycles. The van der Waals surface area contributed by atoms with Crippen molar-refractivity contribution in [2.24, 2.45) is 0 Å². The van der Waals surface area contributed by atoms with Crippen molar-refractivity contribution < 1.29 is 14.6 Å². The fraction of sp³-hybridized carbons (Fsp3) is 0.562. The first kappa shape index (κ1) is 17.0. The van der Waals surface area contributed by atoms with E-state index in [-0.39, 0.29) is 18.7 Å². The molecule has 0 radical (unpaired) electrons. The van der Waals surface area contributed by atoms with Gasteiger partial charge in [-0.2, -0.15) is 0 Å². The zero-order chi connectivity index (χ0) is 17.5. The Morgan fingerprint density at radius 2 is 2.21 bits per heavy atom. The molecule has 0 bridgehead atoms. The van der Waals surface area contributed by atoms with Gasteiger partial charge < -0.3 is 14.8 Å². The monoisotopic (exact) mass is 352 g/mol. The lowest BCUT2D eigenvalue weighted by atomic mass is 10.1. The number of H-pyrrole nitrogens is 1. The van der Waals surface area contributed by atoms with Gasteiger partial charge in [0.05, 0.1) is 24.2 Å². The maximum Gasteiger partial charge on any atom is 0.411 e. The summed E-state index contributed by atoms with van der Waals surface area (Å²) in [6.45, 7) is 5.36. The van der Waals surface area contributed by atoms with E-state index in [4.69, 9.17) is 16.3 Å². The van der Waals surface area contributed by atoms with Crippen molar-refractivity contribution in [1.29, 1.82) is 0 Å². The molecule has 2 aromatic rings. The lowest BCUT2D eigenvalue weighted by Crippen LogP contribution is -2.42. The molecule has 130 valence electrons. The summed E-state index contributed by atoms with van der Waals surface area (Å²) < 4.78 is 5.52. The minimum absolute atomic E-state index is 0.103. The van der Waals surface area contributed by atoms with Gasteiger partial charge in [0.15, 0.2) is 5.15 Å². The maximum atomic E-state index is 12.7. The number of aromatic nitrogens is 3. The molecule has 0 spiro atoms. The van der Waals surface area contributed by atoms with Gasteiger partial charge in [-0.05, 0) is 33.6 Å². The van der Waals surface area contributed by atoms with Gasteiger partial charge in [-0.15, -0.1) is 0 Å². The highest BCUT2D eigenvalue weighted by atomic mass is 35.5. The zero-order valence-electron chi connectivity index (χ0n) is 13.9. The SMILES string of the molecule is CC(C)(C)OC(=O)N1[C@H](CO)CC[C@@H]1c1c[nH]c2c(Cl)ncnc12. The van der Waals surface area contributed by atoms with Crippen LogP contribution in [0.15, 0.2) is 12.5 Å². The fourth-order valence-corrected chi connectivity index (χ4v) is 3.33. The van der Waals surface area contributed by atoms with Crippen LogP contribution in [0.2, 0.25) is 5.15 Å². The first-order valence-electron chi connectivity index (χ1n) is 7.91. The number of aliphatic hydroxyl groups excluding tert-OH is 1. The molecule has 0 unspecified atom stereocenters. The summed E-state index contributed by atoms with van der Waals surface area (Å²) in [6, 6.07) is -0.496. The van der Waals surface area contributed by atoms with Crippen molar-refractivity contribution in [3.05, 3.63) is 23.2 Å². The lowest BCUT2D eigenvalue weighted by Gasteiger charge is -2.31. The summed E-state index contributed by atoms with van der Waals surface area (Å²) in [6.07, 6.45) is 4.19. The highest BCUT2D eigenvalue weighted by Crippen LogP contribution is 2.40. The number of fused-ring (bicyclic) bond motifs is 1. The number of likely N-dealkylation sites (tertiary alicyclic amines) is 1. The van der Waals surface area contributed by atoms with Crippen molar-refractivity contribution in [3.8, 4) is 0 Å². The lowest BCUT2D eigenvalue weighted by molar-refractivity contribution is 0.00880. The summed E-state index contributed by atoms with van der Waals surface area (Å²) in [4.78, 5) is 25.6. The maximum absolute atomic E-state index is 12.7. The Labute approximate surface area is 145 Å². The highest BCUT2D eigenvalue weighted by molar-refractivity contribution is 6.33. The van der Waals surface area contributed by atoms with Crippen molar-refractivity contribution in [1.82, 2.24) is 19.9 Å². The van der Waals surface area contributed by atoms with Gasteiger partial charge in [-0.3, -0.25) is 4.90 Å². The number of nitrogens with zero attached hydrogens (tertiary/aromatic N) is 3. The highest BCUT2D eigenvalue weighted by Gasteiger charge is 2.41. The van der Waals surface area contributed by atoms with Crippen LogP contribution in [-0.2, 0) is 4.74 Å². The summed E-state index contributed by atoms with van der Waals surface area (Å²) in [5.74, 6) is 0. The van der Waals surface area contributed by atoms with Gasteiger partial charge in [-0.25, -0.2) is 14.8 Å². The summed E-state index contributed by atoms with van der Waals surface area (Å²) >= 11 is 6.09. The number of carbonyl (C=O) groups excluding carboxylic acids is 1. The predicted octanol–water partition coefficient (Wildman–Crippen LogP) is 3.04. The Morgan fingerprint density at radius 3 is 2.88 bits per heavy atom. The topological polar surface area (TPSA) is 91.3 Å². The van der Waals surface area contributed by atoms with Gasteiger partial charge in [-0.1, -0.05) is 11.6 Å². The van der Waals surface area contributed by atoms with Crippen LogP contribution >= 0.6 is 11.6 Å². The molecule has 24 heavy (non-hydrogen) atoms. The number of aliphatic hydroxyl groups is 1. The second-order valence-corrected chi connectivity index (χ2v) is 7.31. The van der Waals surface area contributed by atoms with E-state index in [1.807, 2.05) is 20.8 Å². The Bertz CT molecular complexity index is 755. The number of hydrogen-bond donors (Lipinski definition) is 2. The van der Waals surface area contributed by atoms with E-state index in [9.17, 15) is 9.90 Å². The Hall–Kier alpha value is -1.86. The minimum atomic E-state index is -0.601. The van der Waals surface area contributed by atoms with Crippen LogP contribution in [0.4, 0.5) is 4.79 Å². The normalized spacial score (nSPS) is 21.5. The number of carbonyl (C=O) groups is 1. The molecular formula is C16H21ClN4O3. The van der Waals surface area contributed by atoms with Crippen LogP contribution in [-0.4, -0.2) is 49.3 Å². The summed E-state index contributed by atoms with van der Waals surface area (Å²) in [7, 11) is 0. The molecule has 0 saturated carbocycles. The molecule has 3 rings (SSSR count). The Balaban J connectivity index is 1.98. The third-order valence-electron chi connectivity index (χ3n) is 4.12. The van der Waals surface area contributed by atoms with Crippen LogP contribution in [0.25, 0.3) is 11.0 Å². The molecule has 2 atom stereocenters. The quantitative estimate of drug-likeness (QED) is 0.810. The number of hydrogen-bond acceptors (Lipinski definition) is 5. The average molecular weight is 353 g/mol. The molecule has 1 amide bonds. The van der Waals surface area contributed by atoms with Gasteiger partial charge >= 0.3 is 6.09 Å². The fourth-order valence-electron chi connectivity index (χ4n) is 3.14. The largest absolute Gasteiger partial charge is 0.444 e. The van der Waals surface area contributed by atoms with Crippen molar-refractivity contribution >= 4 is 28.7 Å². The standard InChI is InChI=1S/C16H21ClN4O3/c1-16(2,3)24-15(23)21-9(7-22)4-5-11(21)10-6-18-13-12(10)19-8-20-14(13)17/h6,8-9,11,18,22H,4-5,7H2,1-3H3/t9-,11+/m0/s1. The molecule has 1 fully saturated rings. The van der Waals surface area contributed by atoms with E-state index < -0.39 is 11.7 Å². The molecule has 0 aromatic carbocycles. The number of amides is 1. The number of rotatable bonds is 2. The molecule has 1 aliphatic heterocycles. The van der Waals surface area contributed by atoms with E-state index in [2.05, 4.69) is 15.0 Å². The van der Waals surface area contributed by atoms with Gasteiger partial charge in [0.25, 0.3) is 0 Å². The molecule has 7 nitrogen and oxygen atoms in total. The number of aromatic amines is 1. The Morgan fingerprint density at radius 1 is 1.46 bits per heavy atom. The molecule has 1 aliphatic rings. The van der Waals surface area contributed by atoms with E-state index >= 15 is 0 Å². The third-order valence-corrected chi connectivity index (χ3v) is 4.41. The second-order valence-electron chi connectivity index (χ2n) is 6.95. The first-order valence-corrected chi connectivity index (χ1v) is 8.29. The minimum Gasteiger partial charge on any atom is -0.444 e. The first-order chi connectivity index (χ1) is 11.3. The van der Waals surface area contributed by atoms with Crippen LogP contribution in [0.1, 0.15) is 45.2 Å². The van der Waals surface area contributed by atoms with E-state index in [0.717, 1.165) is 12.0 Å². The number of nitrogens with one attached hydrogen (secondary N) is 1. The summed E-state index contributed by atoms with van der Waals surface area (Å²) in [5, 5.41) is 9.99. The predicted molar refractivity (Wildman–Crippen MR) is 89.8 cm³/mol. The Kier molecular flexibility index (Phi) is 4.40. The van der Waals surface area contributed by atoms with Gasteiger partial charge in [0.1, 0.15) is 17.4 Å². The number of ether oxygens (including phenoxy) is 1. The van der Waals surface area contributed by atoms with Crippen LogP contribution < -0.4 is 0 Å².